The quantitative estimate of drug-likeness (QED) is 0.249. The van der Waals surface area contributed by atoms with Gasteiger partial charge in [-0.1, -0.05) is 18.2 Å². The van der Waals surface area contributed by atoms with Gasteiger partial charge in [-0.3, -0.25) is 9.59 Å². The highest BCUT2D eigenvalue weighted by molar-refractivity contribution is 7.89. The van der Waals surface area contributed by atoms with Gasteiger partial charge >= 0.3 is 12.4 Å². The molecule has 0 fully saturated rings. The van der Waals surface area contributed by atoms with Crippen molar-refractivity contribution in [1.82, 2.24) is 10.0 Å². The molecule has 2 N–H and O–H groups in total. The summed E-state index contributed by atoms with van der Waals surface area (Å²) in [5, 5.41) is 1.70. The van der Waals surface area contributed by atoms with E-state index in [1.807, 2.05) is 0 Å². The van der Waals surface area contributed by atoms with Crippen LogP contribution in [0, 0.1) is 5.82 Å². The molecule has 0 spiro atoms. The highest BCUT2D eigenvalue weighted by atomic mass is 32.2. The number of carbonyl (C=O) groups excluding carboxylic acids is 2. The van der Waals surface area contributed by atoms with E-state index in [4.69, 9.17) is 4.74 Å². The monoisotopic (exact) mass is 622 g/mol. The standard InChI is InChI=1S/C27H25F7N2O5S/c1-42(39,40)36-24(38)22-19(17-7-6-15-4-2-5-16(15)12-17)14-25(27(32,33)34,35-23(22)37)20-9-8-18(13-21(20)28)41-11-3-10-26(29,30)31/h6-9,12-13H,2-5,10-11,14H2,1H3,(H,35,37)(H,36,38)/t25-/m0/s1. The summed E-state index contributed by atoms with van der Waals surface area (Å²) in [4.78, 5) is 26.1. The fraction of sp³-hybridized carbons (Fsp3) is 0.407. The van der Waals surface area contributed by atoms with Crippen molar-refractivity contribution in [3.8, 4) is 5.75 Å². The Bertz CT molecular complexity index is 1550. The van der Waals surface area contributed by atoms with Crippen molar-refractivity contribution in [2.24, 2.45) is 0 Å². The lowest BCUT2D eigenvalue weighted by Gasteiger charge is -2.41. The van der Waals surface area contributed by atoms with Crippen LogP contribution in [-0.4, -0.2) is 45.4 Å². The summed E-state index contributed by atoms with van der Waals surface area (Å²) >= 11 is 0. The Morgan fingerprint density at radius 2 is 1.74 bits per heavy atom. The third-order valence-corrected chi connectivity index (χ3v) is 7.56. The van der Waals surface area contributed by atoms with Crippen LogP contribution in [0.5, 0.6) is 5.75 Å². The molecular weight excluding hydrogens is 597 g/mol. The van der Waals surface area contributed by atoms with Gasteiger partial charge in [-0.05, 0) is 60.1 Å². The molecule has 2 aromatic rings. The Balaban J connectivity index is 1.79. The number of halogens is 7. The molecule has 15 heteroatoms. The van der Waals surface area contributed by atoms with Crippen LogP contribution in [0.2, 0.25) is 0 Å². The molecule has 1 aliphatic carbocycles. The van der Waals surface area contributed by atoms with Gasteiger partial charge in [0.15, 0.2) is 5.54 Å². The van der Waals surface area contributed by atoms with Crippen LogP contribution in [0.25, 0.3) is 5.57 Å². The predicted octanol–water partition coefficient (Wildman–Crippen LogP) is 4.84. The number of carbonyl (C=O) groups is 2. The second kappa shape index (κ2) is 11.2. The summed E-state index contributed by atoms with van der Waals surface area (Å²) in [6, 6.07) is 6.78. The van der Waals surface area contributed by atoms with Gasteiger partial charge in [0.25, 0.3) is 11.8 Å². The van der Waals surface area contributed by atoms with E-state index in [9.17, 15) is 44.3 Å². The summed E-state index contributed by atoms with van der Waals surface area (Å²) < 4.78 is 127. The minimum Gasteiger partial charge on any atom is -0.493 e. The third kappa shape index (κ3) is 6.71. The van der Waals surface area contributed by atoms with Crippen molar-refractivity contribution < 1.29 is 53.5 Å². The lowest BCUT2D eigenvalue weighted by atomic mass is 9.76. The Labute approximate surface area is 236 Å². The number of hydrogen-bond donors (Lipinski definition) is 2. The summed E-state index contributed by atoms with van der Waals surface area (Å²) in [5.74, 6) is -4.84. The van der Waals surface area contributed by atoms with Gasteiger partial charge in [-0.2, -0.15) is 26.3 Å². The van der Waals surface area contributed by atoms with E-state index >= 15 is 4.39 Å². The highest BCUT2D eigenvalue weighted by Gasteiger charge is 2.61. The smallest absolute Gasteiger partial charge is 0.416 e. The molecule has 0 bridgehead atoms. The number of fused-ring (bicyclic) bond motifs is 1. The van der Waals surface area contributed by atoms with Crippen molar-refractivity contribution in [2.45, 2.75) is 56.4 Å². The van der Waals surface area contributed by atoms with E-state index in [2.05, 4.69) is 0 Å². The van der Waals surface area contributed by atoms with Crippen LogP contribution in [0.1, 0.15) is 47.9 Å². The molecule has 1 heterocycles. The summed E-state index contributed by atoms with van der Waals surface area (Å²) in [6.45, 7) is -0.483. The molecule has 0 aromatic heterocycles. The molecule has 1 atom stereocenters. The van der Waals surface area contributed by atoms with Crippen molar-refractivity contribution in [1.29, 1.82) is 0 Å². The van der Waals surface area contributed by atoms with E-state index in [0.717, 1.165) is 30.0 Å². The molecule has 42 heavy (non-hydrogen) atoms. The molecule has 0 saturated heterocycles. The number of ether oxygens (including phenoxy) is 1. The normalized spacial score (nSPS) is 19.4. The van der Waals surface area contributed by atoms with Gasteiger partial charge in [0.2, 0.25) is 10.0 Å². The first-order valence-electron chi connectivity index (χ1n) is 12.7. The summed E-state index contributed by atoms with van der Waals surface area (Å²) in [7, 11) is -4.22. The minimum atomic E-state index is -5.33. The van der Waals surface area contributed by atoms with Crippen LogP contribution in [0.3, 0.4) is 0 Å². The zero-order chi connectivity index (χ0) is 31.1. The fourth-order valence-electron chi connectivity index (χ4n) is 5.14. The second-order valence-corrected chi connectivity index (χ2v) is 11.9. The minimum absolute atomic E-state index is 0.0582. The van der Waals surface area contributed by atoms with Gasteiger partial charge in [0.05, 0.1) is 12.9 Å². The van der Waals surface area contributed by atoms with Crippen LogP contribution in [-0.2, 0) is 38.0 Å². The SMILES string of the molecule is CS(=O)(=O)NC(=O)C1=C(c2ccc3c(c2)CCC3)C[C@](c2ccc(OCCCC(F)(F)F)cc2F)(C(F)(F)F)NC1=O. The number of nitrogens with one attached hydrogen (secondary N) is 2. The number of sulfonamides is 1. The van der Waals surface area contributed by atoms with Crippen molar-refractivity contribution in [3.63, 3.8) is 0 Å². The van der Waals surface area contributed by atoms with E-state index in [1.54, 1.807) is 16.1 Å². The number of aryl methyl sites for hydroxylation is 2. The number of alkyl halides is 6. The molecular formula is C27H25F7N2O5S. The predicted molar refractivity (Wildman–Crippen MR) is 136 cm³/mol. The first kappa shape index (κ1) is 31.3. The summed E-state index contributed by atoms with van der Waals surface area (Å²) in [6.07, 6.45) is -9.87. The van der Waals surface area contributed by atoms with Gasteiger partial charge in [0.1, 0.15) is 17.1 Å². The first-order valence-corrected chi connectivity index (χ1v) is 14.6. The van der Waals surface area contributed by atoms with E-state index < -0.39 is 88.1 Å². The van der Waals surface area contributed by atoms with Crippen molar-refractivity contribution >= 4 is 27.4 Å². The van der Waals surface area contributed by atoms with Crippen molar-refractivity contribution in [2.75, 3.05) is 12.9 Å². The highest BCUT2D eigenvalue weighted by Crippen LogP contribution is 2.49. The first-order chi connectivity index (χ1) is 19.4. The number of rotatable bonds is 8. The van der Waals surface area contributed by atoms with Gasteiger partial charge in [-0.15, -0.1) is 0 Å². The molecule has 0 unspecified atom stereocenters. The van der Waals surface area contributed by atoms with Crippen LogP contribution < -0.4 is 14.8 Å². The average Bonchev–Trinajstić information content (AvgIpc) is 3.32. The van der Waals surface area contributed by atoms with Crippen molar-refractivity contribution in [3.05, 3.63) is 70.0 Å². The maximum atomic E-state index is 15.3. The van der Waals surface area contributed by atoms with Gasteiger partial charge in [0, 0.05) is 24.5 Å². The number of benzene rings is 2. The maximum Gasteiger partial charge on any atom is 0.416 e. The topological polar surface area (TPSA) is 102 Å². The Morgan fingerprint density at radius 3 is 2.36 bits per heavy atom. The van der Waals surface area contributed by atoms with E-state index in [1.165, 1.54) is 12.1 Å². The lowest BCUT2D eigenvalue weighted by Crippen LogP contribution is -2.60. The zero-order valence-corrected chi connectivity index (χ0v) is 22.8. The average molecular weight is 623 g/mol. The maximum absolute atomic E-state index is 15.3. The molecule has 1 aliphatic heterocycles. The van der Waals surface area contributed by atoms with E-state index in [-0.39, 0.29) is 11.3 Å². The molecule has 228 valence electrons. The summed E-state index contributed by atoms with van der Waals surface area (Å²) in [5.41, 5.74) is -3.98. The Kier molecular flexibility index (Phi) is 8.37. The molecule has 2 aliphatic rings. The molecule has 0 saturated carbocycles. The third-order valence-electron chi connectivity index (χ3n) is 7.01. The zero-order valence-electron chi connectivity index (χ0n) is 22.0. The van der Waals surface area contributed by atoms with Crippen LogP contribution in [0.15, 0.2) is 42.0 Å². The van der Waals surface area contributed by atoms with E-state index in [0.29, 0.717) is 24.8 Å². The number of amides is 2. The largest absolute Gasteiger partial charge is 0.493 e. The Hall–Kier alpha value is -3.62. The molecule has 7 nitrogen and oxygen atoms in total. The second-order valence-electron chi connectivity index (χ2n) is 10.1. The fourth-order valence-corrected chi connectivity index (χ4v) is 5.58. The molecule has 0 radical (unpaired) electrons. The molecule has 4 rings (SSSR count). The van der Waals surface area contributed by atoms with Crippen LogP contribution >= 0.6 is 0 Å². The van der Waals surface area contributed by atoms with Crippen LogP contribution in [0.4, 0.5) is 30.7 Å². The molecule has 2 aromatic carbocycles. The molecule has 2 amide bonds. The van der Waals surface area contributed by atoms with Gasteiger partial charge < -0.3 is 10.1 Å². The Morgan fingerprint density at radius 1 is 1.05 bits per heavy atom. The lowest BCUT2D eigenvalue weighted by molar-refractivity contribution is -0.202. The number of hydrogen-bond acceptors (Lipinski definition) is 5. The van der Waals surface area contributed by atoms with Gasteiger partial charge in [-0.25, -0.2) is 17.5 Å².